The van der Waals surface area contributed by atoms with Crippen LogP contribution in [0.5, 0.6) is 0 Å². The smallest absolute Gasteiger partial charge is 0.233 e. The number of carbonyl (C=O) groups is 1. The van der Waals surface area contributed by atoms with Crippen LogP contribution in [0.4, 0.5) is 5.69 Å². The first-order valence-corrected chi connectivity index (χ1v) is 11.3. The Bertz CT molecular complexity index is 821. The molecule has 29 heavy (non-hydrogen) atoms. The van der Waals surface area contributed by atoms with E-state index in [1.807, 2.05) is 42.5 Å². The predicted molar refractivity (Wildman–Crippen MR) is 121 cm³/mol. The summed E-state index contributed by atoms with van der Waals surface area (Å²) in [6, 6.07) is 20.5. The number of rotatable bonds is 7. The van der Waals surface area contributed by atoms with Gasteiger partial charge in [-0.05, 0) is 48.6 Å². The van der Waals surface area contributed by atoms with Crippen molar-refractivity contribution >= 4 is 23.4 Å². The summed E-state index contributed by atoms with van der Waals surface area (Å²) in [6.45, 7) is 6.08. The topological polar surface area (TPSA) is 56.1 Å². The highest BCUT2D eigenvalue weighted by molar-refractivity contribution is 7.99. The molecule has 1 fully saturated rings. The maximum atomic E-state index is 12.9. The molecule has 1 aliphatic rings. The lowest BCUT2D eigenvalue weighted by Gasteiger charge is -2.35. The average molecular weight is 408 g/mol. The fraction of sp³-hybridized carbons (Fsp3) is 0.417. The van der Waals surface area contributed by atoms with Crippen molar-refractivity contribution in [3.05, 3.63) is 65.7 Å². The van der Waals surface area contributed by atoms with Gasteiger partial charge in [-0.1, -0.05) is 44.2 Å². The SMILES string of the molecule is CC(C)C(SCc1ccccc1)C(=O)NC1CCN(c2ccc(C#N)cc2)CC1. The van der Waals surface area contributed by atoms with E-state index >= 15 is 0 Å². The molecule has 0 aliphatic carbocycles. The molecule has 0 saturated carbocycles. The Morgan fingerprint density at radius 2 is 1.79 bits per heavy atom. The van der Waals surface area contributed by atoms with Crippen molar-refractivity contribution in [1.29, 1.82) is 5.26 Å². The second-order valence-electron chi connectivity index (χ2n) is 7.89. The third kappa shape index (κ3) is 6.01. The number of thioether (sulfide) groups is 1. The van der Waals surface area contributed by atoms with Crippen LogP contribution in [-0.4, -0.2) is 30.3 Å². The first kappa shape index (κ1) is 21.3. The molecule has 0 aromatic heterocycles. The summed E-state index contributed by atoms with van der Waals surface area (Å²) in [5, 5.41) is 12.2. The molecule has 1 heterocycles. The largest absolute Gasteiger partial charge is 0.371 e. The number of amides is 1. The van der Waals surface area contributed by atoms with E-state index in [0.29, 0.717) is 11.5 Å². The number of nitrogens with one attached hydrogen (secondary N) is 1. The van der Waals surface area contributed by atoms with Crippen LogP contribution in [-0.2, 0) is 10.5 Å². The lowest BCUT2D eigenvalue weighted by molar-refractivity contribution is -0.122. The van der Waals surface area contributed by atoms with Gasteiger partial charge in [-0.2, -0.15) is 5.26 Å². The van der Waals surface area contributed by atoms with Crippen LogP contribution in [0.1, 0.15) is 37.8 Å². The van der Waals surface area contributed by atoms with Crippen molar-refractivity contribution in [1.82, 2.24) is 5.32 Å². The van der Waals surface area contributed by atoms with Gasteiger partial charge in [-0.25, -0.2) is 0 Å². The monoisotopic (exact) mass is 407 g/mol. The van der Waals surface area contributed by atoms with E-state index in [1.54, 1.807) is 11.8 Å². The number of anilines is 1. The Morgan fingerprint density at radius 3 is 2.38 bits per heavy atom. The Morgan fingerprint density at radius 1 is 1.14 bits per heavy atom. The van der Waals surface area contributed by atoms with E-state index in [4.69, 9.17) is 5.26 Å². The molecule has 1 atom stereocenters. The van der Waals surface area contributed by atoms with Gasteiger partial charge in [0.25, 0.3) is 0 Å². The molecule has 2 aromatic rings. The average Bonchev–Trinajstić information content (AvgIpc) is 2.75. The number of nitrogens with zero attached hydrogens (tertiary/aromatic N) is 2. The zero-order chi connectivity index (χ0) is 20.6. The van der Waals surface area contributed by atoms with Crippen LogP contribution in [0.25, 0.3) is 0 Å². The van der Waals surface area contributed by atoms with Crippen LogP contribution in [0.15, 0.2) is 54.6 Å². The standard InChI is InChI=1S/C24H29N3OS/c1-18(2)23(29-17-20-6-4-3-5-7-20)24(28)26-21-12-14-27(15-13-21)22-10-8-19(16-25)9-11-22/h3-11,18,21,23H,12-15,17H2,1-2H3,(H,26,28). The van der Waals surface area contributed by atoms with Gasteiger partial charge in [0, 0.05) is 30.6 Å². The minimum Gasteiger partial charge on any atom is -0.371 e. The normalized spacial score (nSPS) is 15.7. The molecule has 1 unspecified atom stereocenters. The van der Waals surface area contributed by atoms with Gasteiger partial charge in [0.2, 0.25) is 5.91 Å². The van der Waals surface area contributed by atoms with E-state index in [-0.39, 0.29) is 17.2 Å². The van der Waals surface area contributed by atoms with E-state index < -0.39 is 0 Å². The van der Waals surface area contributed by atoms with E-state index in [0.717, 1.165) is 37.4 Å². The molecule has 2 aromatic carbocycles. The second kappa shape index (κ2) is 10.4. The second-order valence-corrected chi connectivity index (χ2v) is 9.02. The lowest BCUT2D eigenvalue weighted by atomic mass is 10.0. The minimum absolute atomic E-state index is 0.0354. The quantitative estimate of drug-likeness (QED) is 0.729. The van der Waals surface area contributed by atoms with Gasteiger partial charge in [-0.3, -0.25) is 4.79 Å². The first-order chi connectivity index (χ1) is 14.1. The van der Waals surface area contributed by atoms with Crippen molar-refractivity contribution in [3.8, 4) is 6.07 Å². The number of carbonyl (C=O) groups excluding carboxylic acids is 1. The Kier molecular flexibility index (Phi) is 7.60. The summed E-state index contributed by atoms with van der Waals surface area (Å²) in [4.78, 5) is 15.2. The van der Waals surface area contributed by atoms with Crippen LogP contribution < -0.4 is 10.2 Å². The van der Waals surface area contributed by atoms with Crippen molar-refractivity contribution < 1.29 is 4.79 Å². The minimum atomic E-state index is -0.0354. The van der Waals surface area contributed by atoms with Gasteiger partial charge < -0.3 is 10.2 Å². The van der Waals surface area contributed by atoms with Crippen LogP contribution in [0.3, 0.4) is 0 Å². The van der Waals surface area contributed by atoms with Crippen molar-refractivity contribution in [3.63, 3.8) is 0 Å². The molecule has 1 amide bonds. The molecule has 3 rings (SSSR count). The van der Waals surface area contributed by atoms with Gasteiger partial charge in [0.1, 0.15) is 0 Å². The van der Waals surface area contributed by atoms with Crippen LogP contribution in [0.2, 0.25) is 0 Å². The fourth-order valence-electron chi connectivity index (χ4n) is 3.64. The summed E-state index contributed by atoms with van der Waals surface area (Å²) in [7, 11) is 0. The summed E-state index contributed by atoms with van der Waals surface area (Å²) in [5.41, 5.74) is 3.09. The molecule has 5 heteroatoms. The summed E-state index contributed by atoms with van der Waals surface area (Å²) in [6.07, 6.45) is 1.89. The summed E-state index contributed by atoms with van der Waals surface area (Å²) < 4.78 is 0. The molecule has 1 aliphatic heterocycles. The number of piperidine rings is 1. The highest BCUT2D eigenvalue weighted by atomic mass is 32.2. The molecule has 4 nitrogen and oxygen atoms in total. The molecule has 0 bridgehead atoms. The summed E-state index contributed by atoms with van der Waals surface area (Å²) >= 11 is 1.73. The predicted octanol–water partition coefficient (Wildman–Crippen LogP) is 4.60. The molecule has 0 radical (unpaired) electrons. The number of benzene rings is 2. The number of nitriles is 1. The Hall–Kier alpha value is -2.45. The van der Waals surface area contributed by atoms with Crippen LogP contribution >= 0.6 is 11.8 Å². The molecule has 1 N–H and O–H groups in total. The van der Waals surface area contributed by atoms with E-state index in [9.17, 15) is 4.79 Å². The molecular weight excluding hydrogens is 378 g/mol. The number of hydrogen-bond acceptors (Lipinski definition) is 4. The first-order valence-electron chi connectivity index (χ1n) is 10.3. The molecule has 152 valence electrons. The van der Waals surface area contributed by atoms with Crippen LogP contribution in [0, 0.1) is 17.2 Å². The molecule has 1 saturated heterocycles. The van der Waals surface area contributed by atoms with Crippen molar-refractivity contribution in [2.75, 3.05) is 18.0 Å². The molecular formula is C24H29N3OS. The fourth-order valence-corrected chi connectivity index (χ4v) is 4.81. The Labute approximate surface area is 178 Å². The third-order valence-corrected chi connectivity index (χ3v) is 6.96. The summed E-state index contributed by atoms with van der Waals surface area (Å²) in [5.74, 6) is 1.31. The van der Waals surface area contributed by atoms with E-state index in [1.165, 1.54) is 5.56 Å². The van der Waals surface area contributed by atoms with Gasteiger partial charge in [-0.15, -0.1) is 11.8 Å². The lowest BCUT2D eigenvalue weighted by Crippen LogP contribution is -2.48. The Balaban J connectivity index is 1.49. The van der Waals surface area contributed by atoms with Crippen molar-refractivity contribution in [2.24, 2.45) is 5.92 Å². The third-order valence-electron chi connectivity index (χ3n) is 5.34. The van der Waals surface area contributed by atoms with Crippen molar-refractivity contribution in [2.45, 2.75) is 43.7 Å². The van der Waals surface area contributed by atoms with Gasteiger partial charge >= 0.3 is 0 Å². The zero-order valence-corrected chi connectivity index (χ0v) is 18.0. The van der Waals surface area contributed by atoms with E-state index in [2.05, 4.69) is 42.3 Å². The number of hydrogen-bond donors (Lipinski definition) is 1. The maximum Gasteiger partial charge on any atom is 0.233 e. The van der Waals surface area contributed by atoms with Gasteiger partial charge in [0.05, 0.1) is 16.9 Å². The highest BCUT2D eigenvalue weighted by Gasteiger charge is 2.27. The zero-order valence-electron chi connectivity index (χ0n) is 17.2. The maximum absolute atomic E-state index is 12.9. The van der Waals surface area contributed by atoms with Gasteiger partial charge in [0.15, 0.2) is 0 Å². The highest BCUT2D eigenvalue weighted by Crippen LogP contribution is 2.25. The molecule has 0 spiro atoms.